The van der Waals surface area contributed by atoms with E-state index < -0.39 is 11.6 Å². The van der Waals surface area contributed by atoms with Gasteiger partial charge in [0, 0.05) is 51.0 Å². The van der Waals surface area contributed by atoms with Gasteiger partial charge in [-0.15, -0.1) is 0 Å². The Morgan fingerprint density at radius 3 is 2.10 bits per heavy atom. The molecule has 2 aromatic rings. The van der Waals surface area contributed by atoms with Gasteiger partial charge >= 0.3 is 0 Å². The molecular formula is C22H23ClF2N4O2. The van der Waals surface area contributed by atoms with Crippen LogP contribution in [0.25, 0.3) is 0 Å². The van der Waals surface area contributed by atoms with Crippen molar-refractivity contribution in [2.75, 3.05) is 44.2 Å². The number of piperidine rings is 1. The zero-order chi connectivity index (χ0) is 22.0. The first kappa shape index (κ1) is 21.5. The lowest BCUT2D eigenvalue weighted by Crippen LogP contribution is -2.49. The fraction of sp³-hybridized carbons (Fsp3) is 0.409. The van der Waals surface area contributed by atoms with Crippen LogP contribution in [0.5, 0.6) is 0 Å². The van der Waals surface area contributed by atoms with Crippen molar-refractivity contribution in [1.82, 2.24) is 14.8 Å². The zero-order valence-corrected chi connectivity index (χ0v) is 17.7. The maximum Gasteiger partial charge on any atom is 0.255 e. The van der Waals surface area contributed by atoms with Crippen LogP contribution >= 0.6 is 11.6 Å². The fourth-order valence-corrected chi connectivity index (χ4v) is 4.28. The van der Waals surface area contributed by atoms with Crippen molar-refractivity contribution in [2.45, 2.75) is 19.3 Å². The fourth-order valence-electron chi connectivity index (χ4n) is 3.99. The first-order valence-electron chi connectivity index (χ1n) is 10.4. The molecule has 0 N–H and O–H groups in total. The summed E-state index contributed by atoms with van der Waals surface area (Å²) in [4.78, 5) is 35.0. The lowest BCUT2D eigenvalue weighted by Gasteiger charge is -2.36. The monoisotopic (exact) mass is 448 g/mol. The van der Waals surface area contributed by atoms with Crippen molar-refractivity contribution < 1.29 is 18.4 Å². The molecule has 2 amide bonds. The van der Waals surface area contributed by atoms with Crippen molar-refractivity contribution in [3.8, 4) is 0 Å². The number of pyridine rings is 1. The minimum absolute atomic E-state index is 0.0532. The summed E-state index contributed by atoms with van der Waals surface area (Å²) in [6.45, 7) is 3.27. The van der Waals surface area contributed by atoms with Gasteiger partial charge in [-0.3, -0.25) is 9.59 Å². The summed E-state index contributed by atoms with van der Waals surface area (Å²) < 4.78 is 26.6. The van der Waals surface area contributed by atoms with E-state index in [4.69, 9.17) is 11.6 Å². The maximum atomic E-state index is 13.4. The lowest BCUT2D eigenvalue weighted by atomic mass is 10.1. The Morgan fingerprint density at radius 2 is 1.45 bits per heavy atom. The van der Waals surface area contributed by atoms with Gasteiger partial charge in [0.2, 0.25) is 0 Å². The molecule has 3 heterocycles. The molecule has 31 heavy (non-hydrogen) atoms. The Kier molecular flexibility index (Phi) is 6.36. The highest BCUT2D eigenvalue weighted by Crippen LogP contribution is 2.26. The Bertz CT molecular complexity index is 989. The highest BCUT2D eigenvalue weighted by atomic mass is 35.5. The van der Waals surface area contributed by atoms with Crippen molar-refractivity contribution in [3.63, 3.8) is 0 Å². The predicted molar refractivity (Wildman–Crippen MR) is 113 cm³/mol. The molecule has 0 bridgehead atoms. The Morgan fingerprint density at radius 1 is 0.806 bits per heavy atom. The smallest absolute Gasteiger partial charge is 0.255 e. The molecule has 0 spiro atoms. The van der Waals surface area contributed by atoms with Gasteiger partial charge < -0.3 is 14.7 Å². The summed E-state index contributed by atoms with van der Waals surface area (Å²) in [5, 5.41) is 0.392. The number of carbonyl (C=O) groups is 2. The molecule has 164 valence electrons. The molecule has 2 saturated heterocycles. The van der Waals surface area contributed by atoms with E-state index in [1.54, 1.807) is 17.2 Å². The van der Waals surface area contributed by atoms with Gasteiger partial charge in [-0.1, -0.05) is 11.6 Å². The molecule has 0 saturated carbocycles. The molecule has 1 aromatic heterocycles. The molecule has 0 radical (unpaired) electrons. The van der Waals surface area contributed by atoms with Gasteiger partial charge in [0.15, 0.2) is 11.6 Å². The van der Waals surface area contributed by atoms with Crippen molar-refractivity contribution in [1.29, 1.82) is 0 Å². The Balaban J connectivity index is 1.39. The largest absolute Gasteiger partial charge is 0.352 e. The first-order chi connectivity index (χ1) is 14.9. The van der Waals surface area contributed by atoms with E-state index in [0.29, 0.717) is 42.6 Å². The van der Waals surface area contributed by atoms with Crippen LogP contribution in [0.1, 0.15) is 40.0 Å². The molecule has 9 heteroatoms. The third-order valence-corrected chi connectivity index (χ3v) is 6.02. The molecular weight excluding hydrogens is 426 g/mol. The third kappa shape index (κ3) is 4.63. The van der Waals surface area contributed by atoms with Crippen LogP contribution < -0.4 is 4.90 Å². The van der Waals surface area contributed by atoms with Crippen LogP contribution in [0.3, 0.4) is 0 Å². The number of hydrogen-bond donors (Lipinski definition) is 0. The quantitative estimate of drug-likeness (QED) is 0.720. The average molecular weight is 449 g/mol. The minimum atomic E-state index is -1.04. The van der Waals surface area contributed by atoms with E-state index in [0.717, 1.165) is 44.5 Å². The number of amides is 2. The second-order valence-corrected chi connectivity index (χ2v) is 8.20. The van der Waals surface area contributed by atoms with E-state index in [1.165, 1.54) is 6.07 Å². The molecule has 6 nitrogen and oxygen atoms in total. The van der Waals surface area contributed by atoms with E-state index in [-0.39, 0.29) is 17.4 Å². The van der Waals surface area contributed by atoms with Crippen LogP contribution in [0.2, 0.25) is 5.02 Å². The van der Waals surface area contributed by atoms with Crippen molar-refractivity contribution >= 4 is 29.2 Å². The van der Waals surface area contributed by atoms with Gasteiger partial charge in [0.25, 0.3) is 11.8 Å². The number of hydrogen-bond acceptors (Lipinski definition) is 4. The van der Waals surface area contributed by atoms with Crippen molar-refractivity contribution in [3.05, 3.63) is 58.2 Å². The van der Waals surface area contributed by atoms with E-state index in [1.807, 2.05) is 9.80 Å². The average Bonchev–Trinajstić information content (AvgIpc) is 2.80. The zero-order valence-electron chi connectivity index (χ0n) is 17.0. The summed E-state index contributed by atoms with van der Waals surface area (Å²) in [7, 11) is 0. The number of likely N-dealkylation sites (tertiary alicyclic amines) is 1. The number of aromatic nitrogens is 1. The lowest BCUT2D eigenvalue weighted by molar-refractivity contribution is 0.0721. The van der Waals surface area contributed by atoms with E-state index in [9.17, 15) is 18.4 Å². The number of carbonyl (C=O) groups excluding carboxylic acids is 2. The van der Waals surface area contributed by atoms with E-state index >= 15 is 0 Å². The summed E-state index contributed by atoms with van der Waals surface area (Å²) in [5.41, 5.74) is 0.590. The van der Waals surface area contributed by atoms with Crippen LogP contribution in [0, 0.1) is 11.6 Å². The maximum absolute atomic E-state index is 13.4. The number of benzene rings is 1. The molecule has 2 fully saturated rings. The second kappa shape index (κ2) is 9.18. The Hall–Kier alpha value is -2.74. The number of halogens is 3. The molecule has 2 aliphatic rings. The van der Waals surface area contributed by atoms with Crippen molar-refractivity contribution in [2.24, 2.45) is 0 Å². The SMILES string of the molecule is O=C(c1cnc(N2CCN(C(=O)c3ccc(F)c(F)c3)CC2)c(Cl)c1)N1CCCCC1. The minimum Gasteiger partial charge on any atom is -0.352 e. The summed E-state index contributed by atoms with van der Waals surface area (Å²) in [6.07, 6.45) is 4.72. The van der Waals surface area contributed by atoms with Crippen LogP contribution in [0.4, 0.5) is 14.6 Å². The van der Waals surface area contributed by atoms with Gasteiger partial charge in [-0.25, -0.2) is 13.8 Å². The van der Waals surface area contributed by atoms with Gasteiger partial charge in [0.1, 0.15) is 5.82 Å². The van der Waals surface area contributed by atoms with Crippen LogP contribution in [0.15, 0.2) is 30.5 Å². The second-order valence-electron chi connectivity index (χ2n) is 7.79. The predicted octanol–water partition coefficient (Wildman–Crippen LogP) is 3.60. The molecule has 0 atom stereocenters. The third-order valence-electron chi connectivity index (χ3n) is 5.74. The highest BCUT2D eigenvalue weighted by molar-refractivity contribution is 6.33. The number of nitrogens with zero attached hydrogens (tertiary/aromatic N) is 4. The van der Waals surface area contributed by atoms with Gasteiger partial charge in [-0.05, 0) is 43.5 Å². The van der Waals surface area contributed by atoms with Crippen LogP contribution in [-0.2, 0) is 0 Å². The summed E-state index contributed by atoms with van der Waals surface area (Å²) in [5.74, 6) is -1.86. The normalized spacial score (nSPS) is 17.1. The number of rotatable bonds is 3. The molecule has 2 aliphatic heterocycles. The molecule has 4 rings (SSSR count). The Labute approximate surface area is 184 Å². The molecule has 0 unspecified atom stereocenters. The molecule has 0 aliphatic carbocycles. The summed E-state index contributed by atoms with van der Waals surface area (Å²) >= 11 is 6.44. The highest BCUT2D eigenvalue weighted by Gasteiger charge is 2.26. The topological polar surface area (TPSA) is 56.8 Å². The van der Waals surface area contributed by atoms with Gasteiger partial charge in [-0.2, -0.15) is 0 Å². The number of piperazine rings is 1. The van der Waals surface area contributed by atoms with E-state index in [2.05, 4.69) is 4.98 Å². The van der Waals surface area contributed by atoms with Crippen LogP contribution in [-0.4, -0.2) is 65.9 Å². The first-order valence-corrected chi connectivity index (χ1v) is 10.8. The number of anilines is 1. The standard InChI is InChI=1S/C22H23ClF2N4O2/c23-17-12-16(22(31)28-6-2-1-3-7-28)14-26-20(17)27-8-10-29(11-9-27)21(30)15-4-5-18(24)19(25)13-15/h4-5,12-14H,1-3,6-11H2. The molecule has 1 aromatic carbocycles. The summed E-state index contributed by atoms with van der Waals surface area (Å²) in [6, 6.07) is 4.80. The van der Waals surface area contributed by atoms with Gasteiger partial charge in [0.05, 0.1) is 10.6 Å².